The van der Waals surface area contributed by atoms with E-state index in [0.29, 0.717) is 31.9 Å². The largest absolute Gasteiger partial charge is 0.492 e. The lowest BCUT2D eigenvalue weighted by atomic mass is 9.89. The Morgan fingerprint density at radius 1 is 1.11 bits per heavy atom. The number of carboxylic acid groups (broad SMARTS) is 2. The molecule has 2 fully saturated rings. The number of imide groups is 1. The number of likely N-dealkylation sites (N-methyl/N-ethyl adjacent to an activating group) is 1. The van der Waals surface area contributed by atoms with E-state index in [9.17, 15) is 32.7 Å². The molecule has 0 spiro atoms. The third kappa shape index (κ3) is 6.73. The molecule has 0 aliphatic carbocycles. The SMILES string of the molecule is CN1C(=O)C2CN(Cc3c2c2cc(OCCN4CCOC(F)(F)C4)ccc2n3Cc2ccc(C(=O)O)cc2)C1=O.O=C(O)CF. The van der Waals surface area contributed by atoms with E-state index in [1.165, 1.54) is 7.05 Å². The number of halogens is 3. The summed E-state index contributed by atoms with van der Waals surface area (Å²) >= 11 is 0. The maximum Gasteiger partial charge on any atom is 0.368 e. The van der Waals surface area contributed by atoms with Crippen molar-refractivity contribution in [1.29, 1.82) is 0 Å². The number of aromatic carboxylic acids is 1. The number of amides is 3. The van der Waals surface area contributed by atoms with Crippen LogP contribution in [0.3, 0.4) is 0 Å². The number of urea groups is 1. The molecule has 3 aliphatic heterocycles. The number of hydrogen-bond donors (Lipinski definition) is 2. The Morgan fingerprint density at radius 2 is 1.82 bits per heavy atom. The van der Waals surface area contributed by atoms with Gasteiger partial charge in [-0.15, -0.1) is 0 Å². The number of hydrogen-bond acceptors (Lipinski definition) is 7. The van der Waals surface area contributed by atoms with Gasteiger partial charge in [0.15, 0.2) is 6.67 Å². The van der Waals surface area contributed by atoms with Gasteiger partial charge in [-0.2, -0.15) is 8.78 Å². The van der Waals surface area contributed by atoms with Gasteiger partial charge in [-0.1, -0.05) is 12.1 Å². The van der Waals surface area contributed by atoms with E-state index in [1.54, 1.807) is 40.1 Å². The second-order valence-corrected chi connectivity index (χ2v) is 10.9. The van der Waals surface area contributed by atoms with E-state index >= 15 is 0 Å². The fourth-order valence-electron chi connectivity index (χ4n) is 5.81. The molecule has 15 heteroatoms. The molecule has 6 rings (SSSR count). The molecule has 1 unspecified atom stereocenters. The molecular weight excluding hydrogens is 601 g/mol. The molecule has 3 aromatic rings. The van der Waals surface area contributed by atoms with E-state index in [4.69, 9.17) is 14.6 Å². The average Bonchev–Trinajstić information content (AvgIpc) is 3.31. The van der Waals surface area contributed by atoms with E-state index in [0.717, 1.165) is 32.6 Å². The van der Waals surface area contributed by atoms with E-state index in [1.807, 2.05) is 12.1 Å². The summed E-state index contributed by atoms with van der Waals surface area (Å²) in [4.78, 5) is 50.7. The number of aliphatic carboxylic acids is 1. The first kappa shape index (κ1) is 31.8. The Hall–Kier alpha value is -4.63. The second kappa shape index (κ2) is 12.8. The zero-order valence-electron chi connectivity index (χ0n) is 24.2. The Morgan fingerprint density at radius 3 is 2.47 bits per heavy atom. The molecule has 240 valence electrons. The zero-order chi connectivity index (χ0) is 32.5. The molecule has 0 radical (unpaired) electrons. The molecule has 2 aromatic carbocycles. The third-order valence-corrected chi connectivity index (χ3v) is 7.92. The molecule has 2 bridgehead atoms. The molecular formula is C30H31F3N4O8. The lowest BCUT2D eigenvalue weighted by Gasteiger charge is -2.41. The smallest absolute Gasteiger partial charge is 0.368 e. The summed E-state index contributed by atoms with van der Waals surface area (Å²) in [6.45, 7) is 0.139. The van der Waals surface area contributed by atoms with Crippen LogP contribution in [0.5, 0.6) is 5.75 Å². The van der Waals surface area contributed by atoms with Gasteiger partial charge in [0, 0.05) is 49.8 Å². The van der Waals surface area contributed by atoms with Crippen LogP contribution in [0.15, 0.2) is 42.5 Å². The van der Waals surface area contributed by atoms with Crippen LogP contribution in [-0.2, 0) is 27.4 Å². The number of fused-ring (bicyclic) bond motifs is 6. The van der Waals surface area contributed by atoms with Crippen LogP contribution >= 0.6 is 0 Å². The number of alkyl halides is 3. The quantitative estimate of drug-likeness (QED) is 0.383. The molecule has 1 atom stereocenters. The van der Waals surface area contributed by atoms with Crippen LogP contribution in [0.2, 0.25) is 0 Å². The molecule has 3 amide bonds. The highest BCUT2D eigenvalue weighted by Crippen LogP contribution is 2.41. The van der Waals surface area contributed by atoms with Gasteiger partial charge in [0.2, 0.25) is 5.91 Å². The number of ether oxygens (including phenoxy) is 2. The summed E-state index contributed by atoms with van der Waals surface area (Å²) in [5.74, 6) is -2.67. The molecule has 12 nitrogen and oxygen atoms in total. The summed E-state index contributed by atoms with van der Waals surface area (Å²) in [5.41, 5.74) is 3.59. The van der Waals surface area contributed by atoms with Crippen molar-refractivity contribution in [3.8, 4) is 5.75 Å². The Balaban J connectivity index is 0.000000743. The number of morpholine rings is 1. The number of nitrogens with zero attached hydrogens (tertiary/aromatic N) is 4. The van der Waals surface area contributed by atoms with Gasteiger partial charge in [-0.25, -0.2) is 18.8 Å². The van der Waals surface area contributed by atoms with Crippen LogP contribution in [0.4, 0.5) is 18.0 Å². The van der Waals surface area contributed by atoms with Gasteiger partial charge in [0.25, 0.3) is 0 Å². The number of rotatable bonds is 8. The van der Waals surface area contributed by atoms with Crippen molar-refractivity contribution in [2.75, 3.05) is 53.1 Å². The number of benzene rings is 2. The van der Waals surface area contributed by atoms with Gasteiger partial charge < -0.3 is 29.2 Å². The van der Waals surface area contributed by atoms with Crippen LogP contribution in [-0.4, -0.2) is 113 Å². The van der Waals surface area contributed by atoms with Crippen molar-refractivity contribution >= 4 is 34.8 Å². The van der Waals surface area contributed by atoms with Gasteiger partial charge in [0.1, 0.15) is 12.4 Å². The van der Waals surface area contributed by atoms with Crippen LogP contribution in [0.1, 0.15) is 33.1 Å². The molecule has 2 N–H and O–H groups in total. The van der Waals surface area contributed by atoms with Crippen LogP contribution < -0.4 is 4.74 Å². The molecule has 1 aromatic heterocycles. The molecule has 2 saturated heterocycles. The number of aromatic nitrogens is 1. The summed E-state index contributed by atoms with van der Waals surface area (Å²) in [6, 6.07) is 11.8. The number of carbonyl (C=O) groups excluding carboxylic acids is 2. The van der Waals surface area contributed by atoms with Crippen molar-refractivity contribution in [1.82, 2.24) is 19.3 Å². The van der Waals surface area contributed by atoms with Crippen molar-refractivity contribution < 1.29 is 52.0 Å². The van der Waals surface area contributed by atoms with Crippen molar-refractivity contribution in [2.45, 2.75) is 25.1 Å². The summed E-state index contributed by atoms with van der Waals surface area (Å²) < 4.78 is 50.1. The minimum Gasteiger partial charge on any atom is -0.492 e. The first-order chi connectivity index (χ1) is 21.4. The van der Waals surface area contributed by atoms with Gasteiger partial charge in [0.05, 0.1) is 31.2 Å². The van der Waals surface area contributed by atoms with Crippen molar-refractivity contribution in [3.63, 3.8) is 0 Å². The monoisotopic (exact) mass is 632 g/mol. The third-order valence-electron chi connectivity index (χ3n) is 7.92. The van der Waals surface area contributed by atoms with Gasteiger partial charge in [-0.05, 0) is 41.5 Å². The molecule has 0 saturated carbocycles. The van der Waals surface area contributed by atoms with Gasteiger partial charge in [-0.3, -0.25) is 14.6 Å². The maximum absolute atomic E-state index is 13.6. The highest BCUT2D eigenvalue weighted by Gasteiger charge is 2.44. The van der Waals surface area contributed by atoms with Crippen LogP contribution in [0, 0.1) is 0 Å². The first-order valence-electron chi connectivity index (χ1n) is 14.1. The fourth-order valence-corrected chi connectivity index (χ4v) is 5.81. The summed E-state index contributed by atoms with van der Waals surface area (Å²) in [6.07, 6.45) is -3.16. The predicted molar refractivity (Wildman–Crippen MR) is 152 cm³/mol. The predicted octanol–water partition coefficient (Wildman–Crippen LogP) is 3.22. The van der Waals surface area contributed by atoms with Crippen molar-refractivity contribution in [2.24, 2.45) is 0 Å². The minimum absolute atomic E-state index is 0.0406. The first-order valence-corrected chi connectivity index (χ1v) is 14.1. The summed E-state index contributed by atoms with van der Waals surface area (Å²) in [5, 5.41) is 17.4. The highest BCUT2D eigenvalue weighted by atomic mass is 19.3. The van der Waals surface area contributed by atoms with Crippen molar-refractivity contribution in [3.05, 3.63) is 64.8 Å². The molecule has 45 heavy (non-hydrogen) atoms. The second-order valence-electron chi connectivity index (χ2n) is 10.9. The topological polar surface area (TPSA) is 142 Å². The number of carboxylic acids is 2. The zero-order valence-corrected chi connectivity index (χ0v) is 24.2. The normalized spacial score (nSPS) is 19.2. The Labute approximate surface area is 255 Å². The Kier molecular flexibility index (Phi) is 9.02. The maximum atomic E-state index is 13.6. The van der Waals surface area contributed by atoms with Gasteiger partial charge >= 0.3 is 24.1 Å². The van der Waals surface area contributed by atoms with Crippen LogP contribution in [0.25, 0.3) is 10.9 Å². The highest BCUT2D eigenvalue weighted by molar-refractivity contribution is 6.04. The summed E-state index contributed by atoms with van der Waals surface area (Å²) in [7, 11) is 1.49. The average molecular weight is 633 g/mol. The lowest BCUT2D eigenvalue weighted by molar-refractivity contribution is -0.270. The molecule has 3 aliphatic rings. The lowest BCUT2D eigenvalue weighted by Crippen LogP contribution is -2.56. The van der Waals surface area contributed by atoms with E-state index < -0.39 is 37.2 Å². The standard InChI is InChI=1S/C28H28F2N4O6.C2H3FO2/c1-31-25(35)21-14-33(27(31)38)15-23-24(21)20-12-19(39-10-8-32-9-11-40-28(29,30)16-32)6-7-22(20)34(23)13-17-2-4-18(5-3-17)26(36)37;3-1-2(4)5/h2-7,12,21H,8-11,13-16H2,1H3,(H,36,37);1H2,(H,4,5). The minimum atomic E-state index is -3.16. The van der Waals surface area contributed by atoms with E-state index in [2.05, 4.69) is 9.30 Å². The van der Waals surface area contributed by atoms with E-state index in [-0.39, 0.29) is 37.3 Å². The fraction of sp³-hybridized carbons (Fsp3) is 0.400. The Bertz CT molecular complexity index is 1630. The number of carbonyl (C=O) groups is 4. The molecule has 4 heterocycles.